The summed E-state index contributed by atoms with van der Waals surface area (Å²) < 4.78 is 42.0. The number of rotatable bonds is 8. The van der Waals surface area contributed by atoms with Crippen molar-refractivity contribution >= 4 is 50.5 Å². The highest BCUT2D eigenvalue weighted by atomic mass is 35.5. The topological polar surface area (TPSA) is 128 Å². The summed E-state index contributed by atoms with van der Waals surface area (Å²) >= 11 is 13.2. The van der Waals surface area contributed by atoms with Crippen LogP contribution in [0, 0.1) is 0 Å². The lowest BCUT2D eigenvalue weighted by Gasteiger charge is -2.33. The number of methoxy groups -OCH3 is 1. The highest BCUT2D eigenvalue weighted by Crippen LogP contribution is 2.42. The molecule has 14 heteroatoms. The Morgan fingerprint density at radius 1 is 1.24 bits per heavy atom. The molecule has 0 aliphatic carbocycles. The van der Waals surface area contributed by atoms with Crippen molar-refractivity contribution in [2.24, 2.45) is 0 Å². The minimum Gasteiger partial charge on any atom is -0.487 e. The molecule has 1 fully saturated rings. The predicted molar refractivity (Wildman–Crippen MR) is 155 cm³/mol. The van der Waals surface area contributed by atoms with Crippen molar-refractivity contribution in [3.05, 3.63) is 70.2 Å². The third-order valence-corrected chi connectivity index (χ3v) is 9.94. The average molecular weight is 622 g/mol. The van der Waals surface area contributed by atoms with Crippen LogP contribution >= 0.6 is 23.2 Å². The van der Waals surface area contributed by atoms with E-state index in [4.69, 9.17) is 32.7 Å². The molecule has 218 valence electrons. The van der Waals surface area contributed by atoms with E-state index in [2.05, 4.69) is 26.8 Å². The Bertz CT molecular complexity index is 1610. The third-order valence-electron chi connectivity index (χ3n) is 7.12. The molecule has 3 heterocycles. The zero-order valence-electron chi connectivity index (χ0n) is 22.9. The maximum absolute atomic E-state index is 13.8. The second kappa shape index (κ2) is 11.3. The Labute approximate surface area is 248 Å². The Hall–Kier alpha value is -3.16. The van der Waals surface area contributed by atoms with Crippen LogP contribution in [0.4, 0.5) is 5.69 Å². The molecule has 0 bridgehead atoms. The van der Waals surface area contributed by atoms with E-state index >= 15 is 0 Å². The fraction of sp³-hybridized carbons (Fsp3) is 0.370. The number of sulfonamides is 1. The highest BCUT2D eigenvalue weighted by Gasteiger charge is 2.44. The monoisotopic (exact) mass is 620 g/mol. The Balaban J connectivity index is 1.47. The molecule has 0 spiro atoms. The number of carbonyl (C=O) groups excluding carboxylic acids is 1. The SMILES string of the molecule is CNC(=O)C1CC(OC)CN1S(=O)(=O)c1ccc(Cl)c(COc2cccc3c2NC(C)(C)C=C3n2cncn2)c1Cl. The van der Waals surface area contributed by atoms with Gasteiger partial charge in [0.1, 0.15) is 35.9 Å². The number of halogens is 2. The van der Waals surface area contributed by atoms with Crippen LogP contribution in [0.1, 0.15) is 31.4 Å². The summed E-state index contributed by atoms with van der Waals surface area (Å²) in [5.74, 6) is 0.0919. The van der Waals surface area contributed by atoms with E-state index < -0.39 is 33.6 Å². The van der Waals surface area contributed by atoms with Crippen molar-refractivity contribution in [3.8, 4) is 5.75 Å². The first-order chi connectivity index (χ1) is 19.5. The van der Waals surface area contributed by atoms with Crippen molar-refractivity contribution in [1.29, 1.82) is 0 Å². The minimum atomic E-state index is -4.19. The van der Waals surface area contributed by atoms with Crippen LogP contribution in [0.25, 0.3) is 5.70 Å². The first-order valence-electron chi connectivity index (χ1n) is 12.8. The quantitative estimate of drug-likeness (QED) is 0.389. The van der Waals surface area contributed by atoms with Gasteiger partial charge in [0.15, 0.2) is 0 Å². The number of amides is 1. The number of benzene rings is 2. The summed E-state index contributed by atoms with van der Waals surface area (Å²) in [7, 11) is -1.25. The fourth-order valence-electron chi connectivity index (χ4n) is 5.09. The van der Waals surface area contributed by atoms with Crippen molar-refractivity contribution in [1.82, 2.24) is 24.4 Å². The van der Waals surface area contributed by atoms with E-state index in [1.807, 2.05) is 26.0 Å². The van der Waals surface area contributed by atoms with Gasteiger partial charge < -0.3 is 20.1 Å². The molecule has 11 nitrogen and oxygen atoms in total. The van der Waals surface area contributed by atoms with Gasteiger partial charge in [-0.3, -0.25) is 4.79 Å². The summed E-state index contributed by atoms with van der Waals surface area (Å²) in [6.45, 7) is 3.94. The Morgan fingerprint density at radius 2 is 2.02 bits per heavy atom. The van der Waals surface area contributed by atoms with Crippen LogP contribution in [0.5, 0.6) is 5.75 Å². The predicted octanol–water partition coefficient (Wildman–Crippen LogP) is 3.78. The van der Waals surface area contributed by atoms with E-state index in [1.165, 1.54) is 32.6 Å². The molecule has 3 aromatic rings. The number of carbonyl (C=O) groups is 1. The summed E-state index contributed by atoms with van der Waals surface area (Å²) in [6, 6.07) is 7.47. The first-order valence-corrected chi connectivity index (χ1v) is 15.0. The van der Waals surface area contributed by atoms with E-state index in [0.717, 1.165) is 21.3 Å². The van der Waals surface area contributed by atoms with Gasteiger partial charge in [0.25, 0.3) is 0 Å². The molecule has 2 aliphatic heterocycles. The summed E-state index contributed by atoms with van der Waals surface area (Å²) in [6.07, 6.45) is 4.94. The molecule has 41 heavy (non-hydrogen) atoms. The lowest BCUT2D eigenvalue weighted by molar-refractivity contribution is -0.123. The van der Waals surface area contributed by atoms with E-state index in [1.54, 1.807) is 17.1 Å². The van der Waals surface area contributed by atoms with Gasteiger partial charge in [-0.1, -0.05) is 35.3 Å². The zero-order chi connectivity index (χ0) is 29.5. The maximum atomic E-state index is 13.8. The molecule has 0 saturated carbocycles. The van der Waals surface area contributed by atoms with Crippen molar-refractivity contribution in [3.63, 3.8) is 0 Å². The molecule has 2 aliphatic rings. The van der Waals surface area contributed by atoms with Gasteiger partial charge in [-0.15, -0.1) is 0 Å². The first kappa shape index (κ1) is 29.3. The summed E-state index contributed by atoms with van der Waals surface area (Å²) in [5, 5.41) is 10.5. The standard InChI is InChI=1S/C27H30Cl2N6O5S/c1-27(2)11-21(34-15-31-14-32-34)17-6-5-7-22(25(17)33-27)40-13-18-19(28)8-9-23(24(18)29)41(37,38)35-12-16(39-4)10-20(35)26(36)30-3/h5-9,11,14-16,20,33H,10,12-13H2,1-4H3,(H,30,36). The number of ether oxygens (including phenoxy) is 2. The van der Waals surface area contributed by atoms with Crippen LogP contribution in [0.3, 0.4) is 0 Å². The van der Waals surface area contributed by atoms with E-state index in [9.17, 15) is 13.2 Å². The Morgan fingerprint density at radius 3 is 2.71 bits per heavy atom. The molecular formula is C27H30Cl2N6O5S. The number of hydrogen-bond acceptors (Lipinski definition) is 8. The average Bonchev–Trinajstić information content (AvgIpc) is 3.63. The number of fused-ring (bicyclic) bond motifs is 1. The number of hydrogen-bond donors (Lipinski definition) is 2. The number of nitrogens with zero attached hydrogens (tertiary/aromatic N) is 4. The van der Waals surface area contributed by atoms with Crippen molar-refractivity contribution in [2.45, 2.75) is 49.5 Å². The van der Waals surface area contributed by atoms with Gasteiger partial charge in [0, 0.05) is 43.3 Å². The zero-order valence-corrected chi connectivity index (χ0v) is 25.2. The number of likely N-dealkylation sites (N-methyl/N-ethyl adjacent to an activating group) is 1. The van der Waals surface area contributed by atoms with Gasteiger partial charge in [0.05, 0.1) is 28.0 Å². The number of nitrogens with one attached hydrogen (secondary N) is 2. The number of para-hydroxylation sites is 1. The lowest BCUT2D eigenvalue weighted by atomic mass is 9.94. The van der Waals surface area contributed by atoms with Gasteiger partial charge in [-0.25, -0.2) is 18.1 Å². The lowest BCUT2D eigenvalue weighted by Crippen LogP contribution is -2.44. The summed E-state index contributed by atoms with van der Waals surface area (Å²) in [4.78, 5) is 16.4. The van der Waals surface area contributed by atoms with Gasteiger partial charge in [0.2, 0.25) is 15.9 Å². The van der Waals surface area contributed by atoms with Crippen molar-refractivity contribution in [2.75, 3.05) is 26.0 Å². The fourth-order valence-corrected chi connectivity index (χ4v) is 7.58. The third kappa shape index (κ3) is 5.54. The van der Waals surface area contributed by atoms with Crippen LogP contribution in [-0.2, 0) is 26.2 Å². The van der Waals surface area contributed by atoms with E-state index in [-0.39, 0.29) is 34.5 Å². The van der Waals surface area contributed by atoms with Crippen LogP contribution < -0.4 is 15.4 Å². The minimum absolute atomic E-state index is 0.0148. The van der Waals surface area contributed by atoms with Gasteiger partial charge >= 0.3 is 0 Å². The molecule has 1 saturated heterocycles. The molecule has 2 unspecified atom stereocenters. The molecule has 0 radical (unpaired) electrons. The molecule has 2 N–H and O–H groups in total. The largest absolute Gasteiger partial charge is 0.487 e. The van der Waals surface area contributed by atoms with Crippen LogP contribution in [-0.4, -0.2) is 71.8 Å². The summed E-state index contributed by atoms with van der Waals surface area (Å²) in [5.41, 5.74) is 2.28. The highest BCUT2D eigenvalue weighted by molar-refractivity contribution is 7.89. The van der Waals surface area contributed by atoms with Crippen LogP contribution in [0.15, 0.2) is 54.0 Å². The molecule has 1 amide bonds. The molecule has 2 atom stereocenters. The molecule has 1 aromatic heterocycles. The maximum Gasteiger partial charge on any atom is 0.245 e. The molecule has 2 aromatic carbocycles. The smallest absolute Gasteiger partial charge is 0.245 e. The molecular weight excluding hydrogens is 591 g/mol. The normalized spacial score (nSPS) is 20.2. The van der Waals surface area contributed by atoms with E-state index in [0.29, 0.717) is 11.3 Å². The van der Waals surface area contributed by atoms with Gasteiger partial charge in [-0.2, -0.15) is 9.40 Å². The van der Waals surface area contributed by atoms with Crippen LogP contribution in [0.2, 0.25) is 10.0 Å². The Kier molecular flexibility index (Phi) is 8.05. The number of aromatic nitrogens is 3. The number of anilines is 1. The second-order valence-corrected chi connectivity index (χ2v) is 13.0. The van der Waals surface area contributed by atoms with Crippen molar-refractivity contribution < 1.29 is 22.7 Å². The molecule has 5 rings (SSSR count). The second-order valence-electron chi connectivity index (χ2n) is 10.3. The van der Waals surface area contributed by atoms with Gasteiger partial charge in [-0.05, 0) is 38.1 Å².